The zero-order valence-electron chi connectivity index (χ0n) is 9.01. The first-order valence-electron chi connectivity index (χ1n) is 4.72. The number of rotatable bonds is 4. The Morgan fingerprint density at radius 2 is 2.33 bits per heavy atom. The molecule has 0 aromatic carbocycles. The molecule has 0 bridgehead atoms. The van der Waals surface area contributed by atoms with Crippen molar-refractivity contribution in [3.8, 4) is 0 Å². The predicted molar refractivity (Wildman–Crippen MR) is 66.2 cm³/mol. The zero-order chi connectivity index (χ0) is 11.4. The van der Waals surface area contributed by atoms with Crippen molar-refractivity contribution in [1.29, 1.82) is 0 Å². The molecule has 0 aliphatic carbocycles. The zero-order valence-corrected chi connectivity index (χ0v) is 10.6. The predicted octanol–water partition coefficient (Wildman–Crippen LogP) is 1.69. The van der Waals surface area contributed by atoms with Gasteiger partial charge in [0.15, 0.2) is 0 Å². The molecule has 1 aromatic heterocycles. The first kappa shape index (κ1) is 12.2. The van der Waals surface area contributed by atoms with Crippen LogP contribution in [0.4, 0.5) is 0 Å². The van der Waals surface area contributed by atoms with Crippen molar-refractivity contribution in [3.63, 3.8) is 0 Å². The van der Waals surface area contributed by atoms with E-state index in [1.165, 1.54) is 0 Å². The van der Waals surface area contributed by atoms with Crippen molar-refractivity contribution < 1.29 is 0 Å². The fourth-order valence-electron chi connectivity index (χ4n) is 1.40. The third-order valence-corrected chi connectivity index (χ3v) is 2.49. The second-order valence-electron chi connectivity index (χ2n) is 3.55. The number of halogens is 1. The number of aryl methyl sites for hydroxylation is 1. The minimum absolute atomic E-state index is 0.0375. The highest BCUT2D eigenvalue weighted by Gasteiger charge is 2.02. The SMILES string of the molecule is C=C(CNC)Cn1cc(Br)cc(C)c1=O. The van der Waals surface area contributed by atoms with Crippen LogP contribution in [0, 0.1) is 6.92 Å². The second kappa shape index (κ2) is 5.28. The Morgan fingerprint density at radius 3 is 2.93 bits per heavy atom. The van der Waals surface area contributed by atoms with Crippen LogP contribution in [0.2, 0.25) is 0 Å². The normalized spacial score (nSPS) is 10.3. The Morgan fingerprint density at radius 1 is 1.67 bits per heavy atom. The fourth-order valence-corrected chi connectivity index (χ4v) is 1.99. The van der Waals surface area contributed by atoms with Crippen LogP contribution in [-0.2, 0) is 6.54 Å². The Kier molecular flexibility index (Phi) is 4.29. The number of likely N-dealkylation sites (N-methyl/N-ethyl adjacent to an activating group) is 1. The number of hydrogen-bond donors (Lipinski definition) is 1. The molecule has 0 spiro atoms. The molecule has 0 saturated carbocycles. The summed E-state index contributed by atoms with van der Waals surface area (Å²) in [5.41, 5.74) is 1.76. The number of hydrogen-bond acceptors (Lipinski definition) is 2. The van der Waals surface area contributed by atoms with Crippen LogP contribution < -0.4 is 10.9 Å². The maximum atomic E-state index is 11.7. The van der Waals surface area contributed by atoms with E-state index in [2.05, 4.69) is 27.8 Å². The smallest absolute Gasteiger partial charge is 0.253 e. The molecule has 1 heterocycles. The van der Waals surface area contributed by atoms with Gasteiger partial charge in [0.05, 0.1) is 0 Å². The van der Waals surface area contributed by atoms with Gasteiger partial charge in [-0.25, -0.2) is 0 Å². The maximum Gasteiger partial charge on any atom is 0.253 e. The van der Waals surface area contributed by atoms with Gasteiger partial charge in [-0.1, -0.05) is 6.58 Å². The van der Waals surface area contributed by atoms with Crippen LogP contribution in [-0.4, -0.2) is 18.2 Å². The number of aromatic nitrogens is 1. The highest BCUT2D eigenvalue weighted by molar-refractivity contribution is 9.10. The molecule has 1 aromatic rings. The largest absolute Gasteiger partial charge is 0.316 e. The molecule has 82 valence electrons. The van der Waals surface area contributed by atoms with Gasteiger partial charge in [0.1, 0.15) is 0 Å². The Labute approximate surface area is 97.9 Å². The molecule has 4 heteroatoms. The van der Waals surface area contributed by atoms with Crippen LogP contribution in [0.3, 0.4) is 0 Å². The summed E-state index contributed by atoms with van der Waals surface area (Å²) in [5.74, 6) is 0. The molecule has 0 radical (unpaired) electrons. The molecule has 0 unspecified atom stereocenters. The molecular weight excluding hydrogens is 256 g/mol. The average molecular weight is 271 g/mol. The van der Waals surface area contributed by atoms with Crippen LogP contribution in [0.1, 0.15) is 5.56 Å². The molecule has 0 fully saturated rings. The summed E-state index contributed by atoms with van der Waals surface area (Å²) in [4.78, 5) is 11.7. The van der Waals surface area contributed by atoms with Crippen LogP contribution in [0.25, 0.3) is 0 Å². The van der Waals surface area contributed by atoms with Gasteiger partial charge in [0, 0.05) is 29.3 Å². The first-order chi connectivity index (χ1) is 7.04. The standard InChI is InChI=1S/C11H15BrN2O/c1-8(5-13-3)6-14-7-10(12)4-9(2)11(14)15/h4,7,13H,1,5-6H2,2-3H3. The van der Waals surface area contributed by atoms with Gasteiger partial charge in [0.25, 0.3) is 5.56 Å². The molecule has 0 aliphatic heterocycles. The fraction of sp³-hybridized carbons (Fsp3) is 0.364. The van der Waals surface area contributed by atoms with Gasteiger partial charge < -0.3 is 9.88 Å². The molecule has 3 nitrogen and oxygen atoms in total. The van der Waals surface area contributed by atoms with Crippen molar-refractivity contribution in [2.45, 2.75) is 13.5 Å². The molecule has 1 rings (SSSR count). The summed E-state index contributed by atoms with van der Waals surface area (Å²) < 4.78 is 2.58. The minimum atomic E-state index is 0.0375. The molecular formula is C11H15BrN2O. The van der Waals surface area contributed by atoms with Crippen LogP contribution in [0.5, 0.6) is 0 Å². The van der Waals surface area contributed by atoms with Crippen LogP contribution >= 0.6 is 15.9 Å². The van der Waals surface area contributed by atoms with Crippen molar-refractivity contribution in [3.05, 3.63) is 44.8 Å². The topological polar surface area (TPSA) is 34.0 Å². The number of pyridine rings is 1. The molecule has 0 atom stereocenters. The van der Waals surface area contributed by atoms with E-state index in [4.69, 9.17) is 0 Å². The summed E-state index contributed by atoms with van der Waals surface area (Å²) in [6, 6.07) is 1.82. The highest BCUT2D eigenvalue weighted by Crippen LogP contribution is 2.08. The van der Waals surface area contributed by atoms with Crippen molar-refractivity contribution >= 4 is 15.9 Å². The van der Waals surface area contributed by atoms with E-state index < -0.39 is 0 Å². The van der Waals surface area contributed by atoms with Gasteiger partial charge in [-0.3, -0.25) is 4.79 Å². The lowest BCUT2D eigenvalue weighted by Gasteiger charge is -2.09. The summed E-state index contributed by atoms with van der Waals surface area (Å²) in [6.07, 6.45) is 1.79. The van der Waals surface area contributed by atoms with Gasteiger partial charge in [-0.2, -0.15) is 0 Å². The quantitative estimate of drug-likeness (QED) is 0.846. The van der Waals surface area contributed by atoms with E-state index in [0.29, 0.717) is 6.54 Å². The van der Waals surface area contributed by atoms with Gasteiger partial charge >= 0.3 is 0 Å². The third kappa shape index (κ3) is 3.32. The van der Waals surface area contributed by atoms with Gasteiger partial charge in [-0.15, -0.1) is 0 Å². The highest BCUT2D eigenvalue weighted by atomic mass is 79.9. The average Bonchev–Trinajstić information content (AvgIpc) is 2.13. The van der Waals surface area contributed by atoms with E-state index in [-0.39, 0.29) is 5.56 Å². The Bertz CT molecular complexity index is 423. The summed E-state index contributed by atoms with van der Waals surface area (Å²) in [6.45, 7) is 6.99. The first-order valence-corrected chi connectivity index (χ1v) is 5.51. The third-order valence-electron chi connectivity index (χ3n) is 2.05. The lowest BCUT2D eigenvalue weighted by molar-refractivity contribution is 0.704. The maximum absolute atomic E-state index is 11.7. The molecule has 15 heavy (non-hydrogen) atoms. The van der Waals surface area contributed by atoms with Crippen molar-refractivity contribution in [1.82, 2.24) is 9.88 Å². The van der Waals surface area contributed by atoms with Crippen molar-refractivity contribution in [2.75, 3.05) is 13.6 Å². The monoisotopic (exact) mass is 270 g/mol. The van der Waals surface area contributed by atoms with E-state index in [1.807, 2.05) is 20.0 Å². The Balaban J connectivity index is 2.95. The van der Waals surface area contributed by atoms with Gasteiger partial charge in [-0.05, 0) is 41.5 Å². The molecule has 0 aliphatic rings. The van der Waals surface area contributed by atoms with E-state index in [0.717, 1.165) is 22.2 Å². The summed E-state index contributed by atoms with van der Waals surface area (Å²) >= 11 is 3.37. The lowest BCUT2D eigenvalue weighted by atomic mass is 10.2. The number of nitrogens with zero attached hydrogens (tertiary/aromatic N) is 1. The van der Waals surface area contributed by atoms with Gasteiger partial charge in [0.2, 0.25) is 0 Å². The molecule has 1 N–H and O–H groups in total. The van der Waals surface area contributed by atoms with E-state index >= 15 is 0 Å². The van der Waals surface area contributed by atoms with E-state index in [1.54, 1.807) is 10.8 Å². The van der Waals surface area contributed by atoms with E-state index in [9.17, 15) is 4.79 Å². The van der Waals surface area contributed by atoms with Crippen LogP contribution in [0.15, 0.2) is 33.7 Å². The molecule has 0 saturated heterocycles. The summed E-state index contributed by atoms with van der Waals surface area (Å²) in [7, 11) is 1.86. The second-order valence-corrected chi connectivity index (χ2v) is 4.47. The summed E-state index contributed by atoms with van der Waals surface area (Å²) in [5, 5.41) is 3.01. The number of nitrogens with one attached hydrogen (secondary N) is 1. The Hall–Kier alpha value is -0.870. The molecule has 0 amide bonds. The van der Waals surface area contributed by atoms with Crippen molar-refractivity contribution in [2.24, 2.45) is 0 Å². The minimum Gasteiger partial charge on any atom is -0.316 e. The lowest BCUT2D eigenvalue weighted by Crippen LogP contribution is -2.24.